The van der Waals surface area contributed by atoms with Crippen molar-refractivity contribution in [2.75, 3.05) is 50.0 Å². The zero-order valence-corrected chi connectivity index (χ0v) is 17.2. The van der Waals surface area contributed by atoms with Crippen LogP contribution in [-0.2, 0) is 10.0 Å². The Labute approximate surface area is 162 Å². The second-order valence-electron chi connectivity index (χ2n) is 6.24. The van der Waals surface area contributed by atoms with Crippen molar-refractivity contribution in [1.82, 2.24) is 4.90 Å². The fourth-order valence-corrected chi connectivity index (χ4v) is 4.21. The van der Waals surface area contributed by atoms with Crippen LogP contribution in [0.1, 0.15) is 0 Å². The SMILES string of the molecule is COc1ccc(S(=O)(=O)Nc2ccc(Br)cc2)cc1N1CCN(C)CC1. The maximum absolute atomic E-state index is 12.8. The zero-order valence-electron chi connectivity index (χ0n) is 14.8. The van der Waals surface area contributed by atoms with Gasteiger partial charge in [-0.15, -0.1) is 0 Å². The van der Waals surface area contributed by atoms with E-state index < -0.39 is 10.0 Å². The lowest BCUT2D eigenvalue weighted by Gasteiger charge is -2.34. The maximum atomic E-state index is 12.8. The summed E-state index contributed by atoms with van der Waals surface area (Å²) < 4.78 is 34.5. The number of nitrogens with zero attached hydrogens (tertiary/aromatic N) is 2. The minimum absolute atomic E-state index is 0.218. The molecule has 0 bridgehead atoms. The van der Waals surface area contributed by atoms with Gasteiger partial charge in [-0.05, 0) is 49.5 Å². The lowest BCUT2D eigenvalue weighted by atomic mass is 10.2. The molecule has 1 fully saturated rings. The number of anilines is 2. The summed E-state index contributed by atoms with van der Waals surface area (Å²) in [5.41, 5.74) is 1.32. The van der Waals surface area contributed by atoms with Crippen LogP contribution in [0.5, 0.6) is 5.75 Å². The van der Waals surface area contributed by atoms with Gasteiger partial charge in [0.05, 0.1) is 17.7 Å². The molecule has 0 radical (unpaired) electrons. The van der Waals surface area contributed by atoms with Gasteiger partial charge in [0.2, 0.25) is 0 Å². The van der Waals surface area contributed by atoms with Crippen molar-refractivity contribution in [3.05, 3.63) is 46.9 Å². The first-order chi connectivity index (χ1) is 12.4. The highest BCUT2D eigenvalue weighted by molar-refractivity contribution is 9.10. The topological polar surface area (TPSA) is 61.9 Å². The molecule has 3 rings (SSSR count). The molecule has 0 saturated carbocycles. The Balaban J connectivity index is 1.89. The summed E-state index contributed by atoms with van der Waals surface area (Å²) in [5.74, 6) is 0.678. The second kappa shape index (κ2) is 7.85. The van der Waals surface area contributed by atoms with Crippen molar-refractivity contribution >= 4 is 37.3 Å². The largest absolute Gasteiger partial charge is 0.495 e. The monoisotopic (exact) mass is 439 g/mol. The van der Waals surface area contributed by atoms with Gasteiger partial charge in [0.15, 0.2) is 0 Å². The molecule has 6 nitrogen and oxygen atoms in total. The van der Waals surface area contributed by atoms with E-state index in [1.807, 2.05) is 0 Å². The highest BCUT2D eigenvalue weighted by atomic mass is 79.9. The normalized spacial score (nSPS) is 15.7. The number of ether oxygens (including phenoxy) is 1. The van der Waals surface area contributed by atoms with E-state index in [2.05, 4.69) is 37.5 Å². The Morgan fingerprint density at radius 2 is 1.69 bits per heavy atom. The van der Waals surface area contributed by atoms with Crippen LogP contribution < -0.4 is 14.4 Å². The number of piperazine rings is 1. The molecule has 140 valence electrons. The standard InChI is InChI=1S/C18H22BrN3O3S/c1-21-9-11-22(12-10-21)17-13-16(7-8-18(17)25-2)26(23,24)20-15-5-3-14(19)4-6-15/h3-8,13,20H,9-12H2,1-2H3. The van der Waals surface area contributed by atoms with Gasteiger partial charge in [-0.2, -0.15) is 0 Å². The molecule has 1 heterocycles. The van der Waals surface area contributed by atoms with Crippen LogP contribution in [0.4, 0.5) is 11.4 Å². The molecule has 0 aromatic heterocycles. The van der Waals surface area contributed by atoms with Gasteiger partial charge in [-0.1, -0.05) is 15.9 Å². The molecule has 0 aliphatic carbocycles. The van der Waals surface area contributed by atoms with Gasteiger partial charge >= 0.3 is 0 Å². The number of hydrogen-bond donors (Lipinski definition) is 1. The summed E-state index contributed by atoms with van der Waals surface area (Å²) in [5, 5.41) is 0. The summed E-state index contributed by atoms with van der Waals surface area (Å²) >= 11 is 3.34. The van der Waals surface area contributed by atoms with Crippen molar-refractivity contribution in [2.24, 2.45) is 0 Å². The van der Waals surface area contributed by atoms with E-state index in [1.54, 1.807) is 49.6 Å². The maximum Gasteiger partial charge on any atom is 0.261 e. The number of sulfonamides is 1. The first-order valence-corrected chi connectivity index (χ1v) is 10.6. The third kappa shape index (κ3) is 4.31. The van der Waals surface area contributed by atoms with E-state index >= 15 is 0 Å². The van der Waals surface area contributed by atoms with Crippen LogP contribution in [0.2, 0.25) is 0 Å². The van der Waals surface area contributed by atoms with Gasteiger partial charge in [0, 0.05) is 36.3 Å². The summed E-state index contributed by atoms with van der Waals surface area (Å²) in [6.45, 7) is 3.52. The summed E-state index contributed by atoms with van der Waals surface area (Å²) in [6.07, 6.45) is 0. The molecule has 1 aliphatic rings. The van der Waals surface area contributed by atoms with Gasteiger partial charge < -0.3 is 14.5 Å². The first-order valence-electron chi connectivity index (χ1n) is 8.29. The number of halogens is 1. The molecule has 0 spiro atoms. The summed E-state index contributed by atoms with van der Waals surface area (Å²) in [4.78, 5) is 4.63. The third-order valence-corrected chi connectivity index (χ3v) is 6.31. The lowest BCUT2D eigenvalue weighted by Crippen LogP contribution is -2.44. The van der Waals surface area contributed by atoms with E-state index in [4.69, 9.17) is 4.74 Å². The molecule has 0 amide bonds. The number of benzene rings is 2. The number of rotatable bonds is 5. The summed E-state index contributed by atoms with van der Waals surface area (Å²) in [6, 6.07) is 12.0. The van der Waals surface area contributed by atoms with Crippen LogP contribution in [-0.4, -0.2) is 53.7 Å². The Bertz CT molecular complexity index is 864. The highest BCUT2D eigenvalue weighted by Gasteiger charge is 2.22. The van der Waals surface area contributed by atoms with Gasteiger partial charge in [-0.3, -0.25) is 4.72 Å². The van der Waals surface area contributed by atoms with Gasteiger partial charge in [0.25, 0.3) is 10.0 Å². The quantitative estimate of drug-likeness (QED) is 0.775. The molecule has 1 aliphatic heterocycles. The molecule has 1 N–H and O–H groups in total. The smallest absolute Gasteiger partial charge is 0.261 e. The van der Waals surface area contributed by atoms with Gasteiger partial charge in [-0.25, -0.2) is 8.42 Å². The van der Waals surface area contributed by atoms with E-state index in [9.17, 15) is 8.42 Å². The second-order valence-corrected chi connectivity index (χ2v) is 8.83. The van der Waals surface area contributed by atoms with E-state index in [1.165, 1.54) is 0 Å². The molecule has 26 heavy (non-hydrogen) atoms. The van der Waals surface area contributed by atoms with Crippen molar-refractivity contribution in [3.8, 4) is 5.75 Å². The summed E-state index contributed by atoms with van der Waals surface area (Å²) in [7, 11) is 0.000252. The first kappa shape index (κ1) is 19.0. The van der Waals surface area contributed by atoms with E-state index in [0.29, 0.717) is 11.4 Å². The Morgan fingerprint density at radius 1 is 1.04 bits per heavy atom. The Morgan fingerprint density at radius 3 is 2.31 bits per heavy atom. The van der Waals surface area contributed by atoms with E-state index in [0.717, 1.165) is 36.3 Å². The van der Waals surface area contributed by atoms with Crippen molar-refractivity contribution in [1.29, 1.82) is 0 Å². The van der Waals surface area contributed by atoms with Crippen LogP contribution >= 0.6 is 15.9 Å². The average molecular weight is 440 g/mol. The minimum atomic E-state index is -3.68. The predicted molar refractivity (Wildman–Crippen MR) is 108 cm³/mol. The molecular weight excluding hydrogens is 418 g/mol. The van der Waals surface area contributed by atoms with Crippen molar-refractivity contribution in [3.63, 3.8) is 0 Å². The molecule has 0 atom stereocenters. The van der Waals surface area contributed by atoms with Crippen LogP contribution in [0.15, 0.2) is 51.8 Å². The van der Waals surface area contributed by atoms with Crippen LogP contribution in [0, 0.1) is 0 Å². The van der Waals surface area contributed by atoms with Crippen LogP contribution in [0.3, 0.4) is 0 Å². The Kier molecular flexibility index (Phi) is 5.74. The average Bonchev–Trinajstić information content (AvgIpc) is 2.63. The Hall–Kier alpha value is -1.77. The predicted octanol–water partition coefficient (Wildman–Crippen LogP) is 3.01. The fraction of sp³-hybridized carbons (Fsp3) is 0.333. The van der Waals surface area contributed by atoms with Crippen molar-refractivity contribution in [2.45, 2.75) is 4.90 Å². The third-order valence-electron chi connectivity index (χ3n) is 4.40. The number of hydrogen-bond acceptors (Lipinski definition) is 5. The molecule has 8 heteroatoms. The van der Waals surface area contributed by atoms with Gasteiger partial charge in [0.1, 0.15) is 5.75 Å². The number of likely N-dealkylation sites (N-methyl/N-ethyl adjacent to an activating group) is 1. The highest BCUT2D eigenvalue weighted by Crippen LogP contribution is 2.32. The molecule has 2 aromatic rings. The lowest BCUT2D eigenvalue weighted by molar-refractivity contribution is 0.311. The van der Waals surface area contributed by atoms with E-state index in [-0.39, 0.29) is 4.90 Å². The molecular formula is C18H22BrN3O3S. The number of methoxy groups -OCH3 is 1. The van der Waals surface area contributed by atoms with Crippen molar-refractivity contribution < 1.29 is 13.2 Å². The number of nitrogens with one attached hydrogen (secondary N) is 1. The molecule has 0 unspecified atom stereocenters. The minimum Gasteiger partial charge on any atom is -0.495 e. The fourth-order valence-electron chi connectivity index (χ4n) is 2.86. The van der Waals surface area contributed by atoms with Crippen LogP contribution in [0.25, 0.3) is 0 Å². The zero-order chi connectivity index (χ0) is 18.7. The molecule has 2 aromatic carbocycles. The molecule has 1 saturated heterocycles.